The van der Waals surface area contributed by atoms with Gasteiger partial charge in [-0.05, 0) is 40.5 Å². The van der Waals surface area contributed by atoms with Crippen molar-refractivity contribution >= 4 is 5.97 Å². The van der Waals surface area contributed by atoms with E-state index in [9.17, 15) is 4.79 Å². The molecule has 0 heterocycles. The minimum atomic E-state index is -0.596. The van der Waals surface area contributed by atoms with Crippen LogP contribution in [-0.4, -0.2) is 50.1 Å². The van der Waals surface area contributed by atoms with E-state index in [2.05, 4.69) is 5.32 Å². The first-order valence-electron chi connectivity index (χ1n) is 7.52. The average molecular weight is 287 g/mol. The molecule has 1 aliphatic carbocycles. The molecule has 1 rings (SSSR count). The number of carbonyl (C=O) groups is 1. The molecule has 0 aromatic rings. The Hall–Kier alpha value is -0.650. The molecule has 20 heavy (non-hydrogen) atoms. The molecule has 0 radical (unpaired) electrons. The van der Waals surface area contributed by atoms with Gasteiger partial charge in [-0.2, -0.15) is 0 Å². The second-order valence-corrected chi connectivity index (χ2v) is 5.87. The predicted molar refractivity (Wildman–Crippen MR) is 77.7 cm³/mol. The van der Waals surface area contributed by atoms with Crippen molar-refractivity contribution in [1.29, 1.82) is 0 Å². The van der Waals surface area contributed by atoms with Crippen LogP contribution in [0.4, 0.5) is 0 Å². The van der Waals surface area contributed by atoms with E-state index in [1.807, 2.05) is 27.7 Å². The zero-order valence-electron chi connectivity index (χ0n) is 13.4. The molecule has 0 aromatic heterocycles. The molecule has 1 N–H and O–H groups in total. The van der Waals surface area contributed by atoms with Crippen molar-refractivity contribution in [2.24, 2.45) is 0 Å². The molecule has 5 nitrogen and oxygen atoms in total. The summed E-state index contributed by atoms with van der Waals surface area (Å²) in [6.07, 6.45) is 2.41. The normalized spacial score (nSPS) is 27.8. The van der Waals surface area contributed by atoms with Gasteiger partial charge in [-0.3, -0.25) is 10.1 Å². The van der Waals surface area contributed by atoms with Gasteiger partial charge in [-0.15, -0.1) is 0 Å². The smallest absolute Gasteiger partial charge is 0.326 e. The van der Waals surface area contributed by atoms with Gasteiger partial charge < -0.3 is 14.2 Å². The highest BCUT2D eigenvalue weighted by Gasteiger charge is 2.47. The van der Waals surface area contributed by atoms with Crippen molar-refractivity contribution in [3.8, 4) is 0 Å². The summed E-state index contributed by atoms with van der Waals surface area (Å²) in [6, 6.07) is 0.231. The van der Waals surface area contributed by atoms with Crippen LogP contribution in [0.25, 0.3) is 0 Å². The zero-order chi connectivity index (χ0) is 15.2. The maximum Gasteiger partial charge on any atom is 0.326 e. The van der Waals surface area contributed by atoms with E-state index in [1.54, 1.807) is 7.11 Å². The molecule has 118 valence electrons. The lowest BCUT2D eigenvalue weighted by Crippen LogP contribution is -2.54. The van der Waals surface area contributed by atoms with E-state index in [0.29, 0.717) is 19.6 Å². The molecule has 0 bridgehead atoms. The largest absolute Gasteiger partial charge is 0.465 e. The molecule has 0 amide bonds. The Morgan fingerprint density at radius 3 is 2.65 bits per heavy atom. The summed E-state index contributed by atoms with van der Waals surface area (Å²) in [7, 11) is 1.66. The highest BCUT2D eigenvalue weighted by molar-refractivity contribution is 5.81. The lowest BCUT2D eigenvalue weighted by molar-refractivity contribution is -0.152. The van der Waals surface area contributed by atoms with Crippen molar-refractivity contribution in [2.75, 3.05) is 20.3 Å². The van der Waals surface area contributed by atoms with E-state index in [0.717, 1.165) is 12.8 Å². The Morgan fingerprint density at radius 2 is 2.10 bits per heavy atom. The lowest BCUT2D eigenvalue weighted by Gasteiger charge is -2.30. The van der Waals surface area contributed by atoms with Gasteiger partial charge in [0.25, 0.3) is 0 Å². The van der Waals surface area contributed by atoms with Crippen LogP contribution in [0.15, 0.2) is 0 Å². The highest BCUT2D eigenvalue weighted by atomic mass is 16.5. The SMILES string of the molecule is CCOC(=O)C1(NC(C)C)CCC(OC(C)COC)C1. The maximum absolute atomic E-state index is 12.3. The number of carbonyl (C=O) groups excluding carboxylic acids is 1. The monoisotopic (exact) mass is 287 g/mol. The van der Waals surface area contributed by atoms with E-state index in [1.165, 1.54) is 0 Å². The second kappa shape index (κ2) is 7.96. The van der Waals surface area contributed by atoms with E-state index in [4.69, 9.17) is 14.2 Å². The molecule has 1 fully saturated rings. The van der Waals surface area contributed by atoms with Crippen molar-refractivity contribution < 1.29 is 19.0 Å². The molecule has 1 saturated carbocycles. The van der Waals surface area contributed by atoms with Crippen LogP contribution >= 0.6 is 0 Å². The van der Waals surface area contributed by atoms with Crippen LogP contribution in [0.1, 0.15) is 47.0 Å². The summed E-state index contributed by atoms with van der Waals surface area (Å²) in [5.41, 5.74) is -0.596. The minimum Gasteiger partial charge on any atom is -0.465 e. The summed E-state index contributed by atoms with van der Waals surface area (Å²) in [6.45, 7) is 8.90. The molecule has 0 aliphatic heterocycles. The van der Waals surface area contributed by atoms with Gasteiger partial charge in [0.2, 0.25) is 0 Å². The first-order valence-corrected chi connectivity index (χ1v) is 7.52. The van der Waals surface area contributed by atoms with Gasteiger partial charge in [0.1, 0.15) is 5.54 Å². The Labute approximate surface area is 122 Å². The maximum atomic E-state index is 12.3. The summed E-state index contributed by atoms with van der Waals surface area (Å²) in [4.78, 5) is 12.3. The third-order valence-electron chi connectivity index (χ3n) is 3.53. The average Bonchev–Trinajstić information content (AvgIpc) is 2.73. The van der Waals surface area contributed by atoms with Crippen LogP contribution in [-0.2, 0) is 19.0 Å². The number of ether oxygens (including phenoxy) is 3. The van der Waals surface area contributed by atoms with Gasteiger partial charge in [-0.25, -0.2) is 0 Å². The van der Waals surface area contributed by atoms with Crippen LogP contribution in [0, 0.1) is 0 Å². The molecular formula is C15H29NO4. The van der Waals surface area contributed by atoms with Gasteiger partial charge in [0.05, 0.1) is 25.4 Å². The Morgan fingerprint density at radius 1 is 1.40 bits per heavy atom. The summed E-state index contributed by atoms with van der Waals surface area (Å²) in [5.74, 6) is -0.154. The van der Waals surface area contributed by atoms with Crippen molar-refractivity contribution in [2.45, 2.75) is 70.7 Å². The van der Waals surface area contributed by atoms with Crippen molar-refractivity contribution in [3.63, 3.8) is 0 Å². The number of rotatable bonds is 8. The number of hydrogen-bond acceptors (Lipinski definition) is 5. The van der Waals surface area contributed by atoms with Crippen LogP contribution < -0.4 is 5.32 Å². The fourth-order valence-corrected chi connectivity index (χ4v) is 2.92. The zero-order valence-corrected chi connectivity index (χ0v) is 13.4. The fourth-order valence-electron chi connectivity index (χ4n) is 2.92. The molecule has 3 unspecified atom stereocenters. The van der Waals surface area contributed by atoms with Crippen LogP contribution in [0.2, 0.25) is 0 Å². The minimum absolute atomic E-state index is 0.0436. The van der Waals surface area contributed by atoms with Crippen LogP contribution in [0.3, 0.4) is 0 Å². The molecule has 5 heteroatoms. The standard InChI is InChI=1S/C15H29NO4/c1-6-19-14(17)15(16-11(2)3)8-7-13(9-15)20-12(4)10-18-5/h11-13,16H,6-10H2,1-5H3. The van der Waals surface area contributed by atoms with Gasteiger partial charge in [0, 0.05) is 19.6 Å². The quantitative estimate of drug-likeness (QED) is 0.691. The number of esters is 1. The third-order valence-corrected chi connectivity index (χ3v) is 3.53. The Kier molecular flexibility index (Phi) is 6.92. The summed E-state index contributed by atoms with van der Waals surface area (Å²) in [5, 5.41) is 3.39. The van der Waals surface area contributed by atoms with Crippen molar-refractivity contribution in [3.05, 3.63) is 0 Å². The van der Waals surface area contributed by atoms with Gasteiger partial charge in [-0.1, -0.05) is 0 Å². The lowest BCUT2D eigenvalue weighted by atomic mass is 9.96. The number of nitrogens with one attached hydrogen (secondary N) is 1. The third kappa shape index (κ3) is 4.72. The van der Waals surface area contributed by atoms with E-state index >= 15 is 0 Å². The Balaban J connectivity index is 2.66. The highest BCUT2D eigenvalue weighted by Crippen LogP contribution is 2.34. The van der Waals surface area contributed by atoms with Crippen molar-refractivity contribution in [1.82, 2.24) is 5.32 Å². The summed E-state index contributed by atoms with van der Waals surface area (Å²) >= 11 is 0. The topological polar surface area (TPSA) is 56.8 Å². The molecule has 0 saturated heterocycles. The second-order valence-electron chi connectivity index (χ2n) is 5.87. The number of methoxy groups -OCH3 is 1. The summed E-state index contributed by atoms with van der Waals surface area (Å²) < 4.78 is 16.3. The van der Waals surface area contributed by atoms with Gasteiger partial charge >= 0.3 is 5.97 Å². The fraction of sp³-hybridized carbons (Fsp3) is 0.933. The predicted octanol–water partition coefficient (Wildman–Crippen LogP) is 1.89. The molecule has 0 aromatic carbocycles. The molecular weight excluding hydrogens is 258 g/mol. The van der Waals surface area contributed by atoms with E-state index in [-0.39, 0.29) is 24.2 Å². The molecule has 0 spiro atoms. The Bertz CT molecular complexity index is 308. The molecule has 3 atom stereocenters. The van der Waals surface area contributed by atoms with E-state index < -0.39 is 5.54 Å². The first-order chi connectivity index (χ1) is 9.43. The first kappa shape index (κ1) is 17.4. The van der Waals surface area contributed by atoms with Gasteiger partial charge in [0.15, 0.2) is 0 Å². The number of hydrogen-bond donors (Lipinski definition) is 1. The van der Waals surface area contributed by atoms with Crippen LogP contribution in [0.5, 0.6) is 0 Å². The molecule has 1 aliphatic rings.